The minimum Gasteiger partial charge on any atom is -0.450 e. The highest BCUT2D eigenvalue weighted by molar-refractivity contribution is 5.80. The summed E-state index contributed by atoms with van der Waals surface area (Å²) in [5.41, 5.74) is 2.43. The summed E-state index contributed by atoms with van der Waals surface area (Å²) in [6, 6.07) is 8.49. The maximum atomic E-state index is 11.8. The van der Waals surface area contributed by atoms with Gasteiger partial charge in [-0.1, -0.05) is 24.3 Å². The molecular formula is C20H28N6O2. The van der Waals surface area contributed by atoms with Crippen molar-refractivity contribution in [3.05, 3.63) is 54.1 Å². The van der Waals surface area contributed by atoms with Gasteiger partial charge in [0.15, 0.2) is 5.96 Å². The fourth-order valence-electron chi connectivity index (χ4n) is 3.26. The highest BCUT2D eigenvalue weighted by Gasteiger charge is 2.23. The van der Waals surface area contributed by atoms with E-state index in [1.807, 2.05) is 19.4 Å². The first-order chi connectivity index (χ1) is 13.7. The number of aliphatic imine (C=N–C) groups is 1. The molecule has 1 aromatic heterocycles. The second-order valence-electron chi connectivity index (χ2n) is 6.63. The Hall–Kier alpha value is -3.03. The van der Waals surface area contributed by atoms with Crippen LogP contribution in [0.4, 0.5) is 4.79 Å². The molecular weight excluding hydrogens is 356 g/mol. The predicted octanol–water partition coefficient (Wildman–Crippen LogP) is 1.78. The minimum atomic E-state index is -0.236. The molecule has 0 bridgehead atoms. The molecule has 1 N–H and O–H groups in total. The third-order valence-corrected chi connectivity index (χ3v) is 4.68. The van der Waals surface area contributed by atoms with Crippen molar-refractivity contribution in [3.63, 3.8) is 0 Å². The zero-order valence-electron chi connectivity index (χ0n) is 16.5. The second-order valence-corrected chi connectivity index (χ2v) is 6.63. The lowest BCUT2D eigenvalue weighted by Gasteiger charge is -2.35. The van der Waals surface area contributed by atoms with Gasteiger partial charge in [0.05, 0.1) is 12.9 Å². The number of amides is 1. The highest BCUT2D eigenvalue weighted by atomic mass is 16.6. The fraction of sp³-hybridized carbons (Fsp3) is 0.450. The van der Waals surface area contributed by atoms with Gasteiger partial charge in [0.2, 0.25) is 0 Å². The van der Waals surface area contributed by atoms with E-state index in [2.05, 4.69) is 49.0 Å². The fourth-order valence-corrected chi connectivity index (χ4v) is 3.26. The number of piperazine rings is 1. The molecule has 1 fully saturated rings. The van der Waals surface area contributed by atoms with E-state index in [1.165, 1.54) is 11.1 Å². The third-order valence-electron chi connectivity index (χ3n) is 4.68. The van der Waals surface area contributed by atoms with E-state index >= 15 is 0 Å². The molecule has 8 nitrogen and oxygen atoms in total. The molecule has 3 rings (SSSR count). The Kier molecular flexibility index (Phi) is 6.89. The Balaban J connectivity index is 1.51. The number of hydrogen-bond donors (Lipinski definition) is 1. The van der Waals surface area contributed by atoms with Crippen LogP contribution in [0, 0.1) is 0 Å². The zero-order chi connectivity index (χ0) is 19.8. The van der Waals surface area contributed by atoms with Crippen LogP contribution in [-0.2, 0) is 17.8 Å². The molecule has 1 saturated heterocycles. The number of aromatic nitrogens is 2. The lowest BCUT2D eigenvalue weighted by Crippen LogP contribution is -2.53. The van der Waals surface area contributed by atoms with Crippen molar-refractivity contribution in [2.75, 3.05) is 39.8 Å². The predicted molar refractivity (Wildman–Crippen MR) is 108 cm³/mol. The number of rotatable bonds is 5. The summed E-state index contributed by atoms with van der Waals surface area (Å²) in [5, 5.41) is 3.43. The van der Waals surface area contributed by atoms with E-state index in [4.69, 9.17) is 4.74 Å². The van der Waals surface area contributed by atoms with E-state index in [0.717, 1.165) is 25.6 Å². The second kappa shape index (κ2) is 9.77. The molecule has 1 amide bonds. The molecule has 1 aliphatic heterocycles. The maximum absolute atomic E-state index is 11.8. The van der Waals surface area contributed by atoms with E-state index in [-0.39, 0.29) is 6.09 Å². The van der Waals surface area contributed by atoms with Crippen LogP contribution >= 0.6 is 0 Å². The SMILES string of the molecule is CCOC(=O)N1CCN(C(=NC)NCc2cccc(Cn3ccnc3)c2)CC1. The number of carbonyl (C=O) groups is 1. The third kappa shape index (κ3) is 5.25. The Morgan fingerprint density at radius 1 is 1.21 bits per heavy atom. The normalized spacial score (nSPS) is 14.9. The van der Waals surface area contributed by atoms with Gasteiger partial charge in [-0.3, -0.25) is 4.99 Å². The van der Waals surface area contributed by atoms with Crippen LogP contribution in [0.5, 0.6) is 0 Å². The molecule has 28 heavy (non-hydrogen) atoms. The van der Waals surface area contributed by atoms with Crippen LogP contribution in [0.1, 0.15) is 18.1 Å². The Labute approximate surface area is 165 Å². The van der Waals surface area contributed by atoms with E-state index < -0.39 is 0 Å². The Morgan fingerprint density at radius 3 is 2.64 bits per heavy atom. The molecule has 0 spiro atoms. The van der Waals surface area contributed by atoms with Crippen molar-refractivity contribution in [2.24, 2.45) is 4.99 Å². The largest absolute Gasteiger partial charge is 0.450 e. The van der Waals surface area contributed by atoms with Gasteiger partial charge >= 0.3 is 6.09 Å². The first kappa shape index (κ1) is 19.7. The number of nitrogens with one attached hydrogen (secondary N) is 1. The standard InChI is InChI=1S/C20H28N6O2/c1-3-28-20(27)26-11-9-25(10-12-26)19(21-2)23-14-17-5-4-6-18(13-17)15-24-8-7-22-16-24/h4-8,13,16H,3,9-12,14-15H2,1-2H3,(H,21,23). The monoisotopic (exact) mass is 384 g/mol. The van der Waals surface area contributed by atoms with E-state index in [1.54, 1.807) is 18.1 Å². The average Bonchev–Trinajstić information content (AvgIpc) is 3.22. The van der Waals surface area contributed by atoms with E-state index in [0.29, 0.717) is 26.2 Å². The lowest BCUT2D eigenvalue weighted by molar-refractivity contribution is 0.0914. The van der Waals surface area contributed by atoms with Gasteiger partial charge in [-0.2, -0.15) is 0 Å². The molecule has 0 radical (unpaired) electrons. The van der Waals surface area contributed by atoms with Gasteiger partial charge in [0.1, 0.15) is 0 Å². The van der Waals surface area contributed by atoms with Crippen molar-refractivity contribution in [2.45, 2.75) is 20.0 Å². The van der Waals surface area contributed by atoms with Crippen molar-refractivity contribution >= 4 is 12.1 Å². The molecule has 2 heterocycles. The Morgan fingerprint density at radius 2 is 1.96 bits per heavy atom. The van der Waals surface area contributed by atoms with E-state index in [9.17, 15) is 4.79 Å². The topological polar surface area (TPSA) is 75.0 Å². The van der Waals surface area contributed by atoms with Crippen LogP contribution in [-0.4, -0.2) is 71.2 Å². The molecule has 8 heteroatoms. The first-order valence-electron chi connectivity index (χ1n) is 9.60. The summed E-state index contributed by atoms with van der Waals surface area (Å²) < 4.78 is 7.12. The zero-order valence-corrected chi connectivity index (χ0v) is 16.5. The number of nitrogens with zero attached hydrogens (tertiary/aromatic N) is 5. The van der Waals surface area contributed by atoms with Crippen LogP contribution in [0.25, 0.3) is 0 Å². The summed E-state index contributed by atoms with van der Waals surface area (Å²) in [6.45, 7) is 6.48. The van der Waals surface area contributed by atoms with Gasteiger partial charge in [0, 0.05) is 58.7 Å². The minimum absolute atomic E-state index is 0.236. The molecule has 1 aliphatic rings. The van der Waals surface area contributed by atoms with Crippen molar-refractivity contribution in [3.8, 4) is 0 Å². The molecule has 1 aromatic carbocycles. The molecule has 0 unspecified atom stereocenters. The molecule has 0 aliphatic carbocycles. The summed E-state index contributed by atoms with van der Waals surface area (Å²) in [7, 11) is 1.79. The van der Waals surface area contributed by atoms with Gasteiger partial charge in [0.25, 0.3) is 0 Å². The summed E-state index contributed by atoms with van der Waals surface area (Å²) in [6.07, 6.45) is 5.34. The van der Waals surface area contributed by atoms with Crippen molar-refractivity contribution < 1.29 is 9.53 Å². The summed E-state index contributed by atoms with van der Waals surface area (Å²) >= 11 is 0. The molecule has 0 saturated carbocycles. The number of benzene rings is 1. The molecule has 2 aromatic rings. The van der Waals surface area contributed by atoms with Gasteiger partial charge in [-0.25, -0.2) is 9.78 Å². The van der Waals surface area contributed by atoms with Crippen LogP contribution < -0.4 is 5.32 Å². The van der Waals surface area contributed by atoms with Gasteiger partial charge < -0.3 is 24.4 Å². The van der Waals surface area contributed by atoms with Gasteiger partial charge in [-0.15, -0.1) is 0 Å². The van der Waals surface area contributed by atoms with Crippen molar-refractivity contribution in [1.82, 2.24) is 24.7 Å². The maximum Gasteiger partial charge on any atom is 0.409 e. The lowest BCUT2D eigenvalue weighted by atomic mass is 10.1. The number of carbonyl (C=O) groups excluding carboxylic acids is 1. The Bertz CT molecular complexity index is 782. The molecule has 0 atom stereocenters. The average molecular weight is 384 g/mol. The number of guanidine groups is 1. The summed E-state index contributed by atoms with van der Waals surface area (Å²) in [4.78, 5) is 24.2. The van der Waals surface area contributed by atoms with Crippen molar-refractivity contribution in [1.29, 1.82) is 0 Å². The number of imidazole rings is 1. The van der Waals surface area contributed by atoms with Crippen LogP contribution in [0.3, 0.4) is 0 Å². The number of ether oxygens (including phenoxy) is 1. The summed E-state index contributed by atoms with van der Waals surface area (Å²) in [5.74, 6) is 0.850. The highest BCUT2D eigenvalue weighted by Crippen LogP contribution is 2.09. The van der Waals surface area contributed by atoms with Gasteiger partial charge in [-0.05, 0) is 18.1 Å². The smallest absolute Gasteiger partial charge is 0.409 e. The van der Waals surface area contributed by atoms with Crippen LogP contribution in [0.15, 0.2) is 48.0 Å². The number of hydrogen-bond acceptors (Lipinski definition) is 4. The van der Waals surface area contributed by atoms with Crippen LogP contribution in [0.2, 0.25) is 0 Å². The quantitative estimate of drug-likeness (QED) is 0.628. The molecule has 150 valence electrons. The first-order valence-corrected chi connectivity index (χ1v) is 9.60.